The van der Waals surface area contributed by atoms with Crippen LogP contribution in [0.5, 0.6) is 0 Å². The van der Waals surface area contributed by atoms with Gasteiger partial charge in [-0.15, -0.1) is 0 Å². The monoisotopic (exact) mass is 377 g/mol. The predicted molar refractivity (Wildman–Crippen MR) is 101 cm³/mol. The summed E-state index contributed by atoms with van der Waals surface area (Å²) in [6.45, 7) is 1.93. The molecule has 138 valence electrons. The molecule has 0 aliphatic heterocycles. The first-order valence-electron chi connectivity index (χ1n) is 8.12. The number of benzene rings is 2. The molecule has 0 aliphatic carbocycles. The minimum Gasteiger partial charge on any atom is -0.348 e. The Labute approximate surface area is 157 Å². The van der Waals surface area contributed by atoms with Gasteiger partial charge in [0.15, 0.2) is 0 Å². The highest BCUT2D eigenvalue weighted by Gasteiger charge is 2.14. The lowest BCUT2D eigenvalue weighted by Gasteiger charge is -2.19. The van der Waals surface area contributed by atoms with Crippen molar-refractivity contribution in [3.05, 3.63) is 64.9 Å². The topological polar surface area (TPSA) is 61.4 Å². The molecule has 0 aromatic heterocycles. The third kappa shape index (κ3) is 6.46. The van der Waals surface area contributed by atoms with E-state index in [1.54, 1.807) is 30.1 Å². The van der Waals surface area contributed by atoms with E-state index in [2.05, 4.69) is 10.6 Å². The summed E-state index contributed by atoms with van der Waals surface area (Å²) in [5.74, 6) is -0.960. The van der Waals surface area contributed by atoms with Crippen molar-refractivity contribution in [2.75, 3.05) is 25.5 Å². The Morgan fingerprint density at radius 3 is 2.50 bits per heavy atom. The van der Waals surface area contributed by atoms with Crippen molar-refractivity contribution in [3.8, 4) is 0 Å². The second-order valence-electron chi connectivity index (χ2n) is 6.08. The molecule has 2 N–H and O–H groups in total. The molecule has 0 radical (unpaired) electrons. The number of nitrogens with zero attached hydrogens (tertiary/aromatic N) is 1. The van der Waals surface area contributed by atoms with E-state index in [4.69, 9.17) is 11.6 Å². The zero-order valence-electron chi connectivity index (χ0n) is 14.6. The van der Waals surface area contributed by atoms with Crippen LogP contribution in [0, 0.1) is 5.82 Å². The van der Waals surface area contributed by atoms with Gasteiger partial charge in [-0.05, 0) is 49.9 Å². The van der Waals surface area contributed by atoms with Crippen LogP contribution in [0.1, 0.15) is 18.5 Å². The van der Waals surface area contributed by atoms with Crippen molar-refractivity contribution in [1.29, 1.82) is 0 Å². The summed E-state index contributed by atoms with van der Waals surface area (Å²) in [6, 6.07) is 12.7. The molecule has 5 nitrogen and oxygen atoms in total. The number of anilines is 1. The first-order valence-corrected chi connectivity index (χ1v) is 8.50. The molecular formula is C19H21ClFN3O2. The lowest BCUT2D eigenvalue weighted by atomic mass is 10.1. The maximum absolute atomic E-state index is 13.1. The van der Waals surface area contributed by atoms with E-state index in [0.717, 1.165) is 5.56 Å². The summed E-state index contributed by atoms with van der Waals surface area (Å²) in [5.41, 5.74) is 1.28. The van der Waals surface area contributed by atoms with Crippen molar-refractivity contribution < 1.29 is 14.0 Å². The Bertz CT molecular complexity index is 785. The second kappa shape index (κ2) is 9.31. The summed E-state index contributed by atoms with van der Waals surface area (Å²) in [5, 5.41) is 6.06. The van der Waals surface area contributed by atoms with Crippen LogP contribution < -0.4 is 10.6 Å². The van der Waals surface area contributed by atoms with Crippen molar-refractivity contribution in [3.63, 3.8) is 0 Å². The van der Waals surface area contributed by atoms with E-state index >= 15 is 0 Å². The fourth-order valence-electron chi connectivity index (χ4n) is 2.46. The molecule has 0 saturated carbocycles. The maximum atomic E-state index is 13.1. The number of hydrogen-bond acceptors (Lipinski definition) is 3. The second-order valence-corrected chi connectivity index (χ2v) is 6.51. The van der Waals surface area contributed by atoms with Crippen LogP contribution in [0.3, 0.4) is 0 Å². The Morgan fingerprint density at radius 2 is 1.81 bits per heavy atom. The van der Waals surface area contributed by atoms with Gasteiger partial charge in [0.1, 0.15) is 5.82 Å². The van der Waals surface area contributed by atoms with Crippen molar-refractivity contribution in [2.45, 2.75) is 13.0 Å². The fraction of sp³-hybridized carbons (Fsp3) is 0.263. The van der Waals surface area contributed by atoms with Gasteiger partial charge in [0.05, 0.1) is 19.1 Å². The molecule has 2 amide bonds. The summed E-state index contributed by atoms with van der Waals surface area (Å²) in [7, 11) is 1.66. The number of rotatable bonds is 7. The van der Waals surface area contributed by atoms with Gasteiger partial charge in [-0.1, -0.05) is 29.8 Å². The Kier molecular flexibility index (Phi) is 7.12. The highest BCUT2D eigenvalue weighted by Crippen LogP contribution is 2.17. The van der Waals surface area contributed by atoms with Crippen LogP contribution in [0.15, 0.2) is 48.5 Å². The molecule has 2 rings (SSSR count). The van der Waals surface area contributed by atoms with Crippen LogP contribution in [0.25, 0.3) is 0 Å². The summed E-state index contributed by atoms with van der Waals surface area (Å²) >= 11 is 5.95. The highest BCUT2D eigenvalue weighted by atomic mass is 35.5. The molecule has 26 heavy (non-hydrogen) atoms. The zero-order valence-corrected chi connectivity index (χ0v) is 15.4. The molecule has 7 heteroatoms. The smallest absolute Gasteiger partial charge is 0.238 e. The van der Waals surface area contributed by atoms with E-state index < -0.39 is 5.82 Å². The largest absolute Gasteiger partial charge is 0.348 e. The van der Waals surface area contributed by atoms with Crippen LogP contribution in [-0.4, -0.2) is 36.9 Å². The molecule has 0 bridgehead atoms. The minimum absolute atomic E-state index is 0.00940. The lowest BCUT2D eigenvalue weighted by molar-refractivity contribution is -0.123. The summed E-state index contributed by atoms with van der Waals surface area (Å²) in [4.78, 5) is 25.7. The average Bonchev–Trinajstić information content (AvgIpc) is 2.54. The third-order valence-electron chi connectivity index (χ3n) is 3.66. The number of halogens is 2. The molecular weight excluding hydrogens is 357 g/mol. The van der Waals surface area contributed by atoms with Crippen molar-refractivity contribution >= 4 is 29.1 Å². The predicted octanol–water partition coefficient (Wildman–Crippen LogP) is 3.23. The molecule has 2 aromatic carbocycles. The Hall–Kier alpha value is -2.44. The van der Waals surface area contributed by atoms with Crippen LogP contribution in [0.2, 0.25) is 5.02 Å². The molecule has 1 atom stereocenters. The molecule has 0 fully saturated rings. The highest BCUT2D eigenvalue weighted by molar-refractivity contribution is 6.30. The fourth-order valence-corrected chi connectivity index (χ4v) is 2.66. The minimum atomic E-state index is -0.425. The van der Waals surface area contributed by atoms with Gasteiger partial charge >= 0.3 is 0 Å². The first-order chi connectivity index (χ1) is 12.3. The number of amides is 2. The molecule has 0 aliphatic rings. The SMILES string of the molecule is CC(NC(=O)CN(C)CC(=O)Nc1cccc(F)c1)c1cccc(Cl)c1. The molecule has 0 spiro atoms. The first kappa shape index (κ1) is 19.9. The van der Waals surface area contributed by atoms with Crippen molar-refractivity contribution in [1.82, 2.24) is 10.2 Å². The average molecular weight is 378 g/mol. The van der Waals surface area contributed by atoms with Gasteiger partial charge in [0.25, 0.3) is 0 Å². The van der Waals surface area contributed by atoms with Crippen LogP contribution in [0.4, 0.5) is 10.1 Å². The third-order valence-corrected chi connectivity index (χ3v) is 3.90. The van der Waals surface area contributed by atoms with Gasteiger partial charge in [0.2, 0.25) is 11.8 Å². The molecule has 2 aromatic rings. The van der Waals surface area contributed by atoms with Crippen LogP contribution in [-0.2, 0) is 9.59 Å². The quantitative estimate of drug-likeness (QED) is 0.778. The van der Waals surface area contributed by atoms with Crippen molar-refractivity contribution in [2.24, 2.45) is 0 Å². The van der Waals surface area contributed by atoms with E-state index in [1.807, 2.05) is 19.1 Å². The number of hydrogen-bond donors (Lipinski definition) is 2. The van der Waals surface area contributed by atoms with Gasteiger partial charge in [-0.25, -0.2) is 4.39 Å². The Balaban J connectivity index is 1.80. The normalized spacial score (nSPS) is 11.9. The molecule has 0 heterocycles. The van der Waals surface area contributed by atoms with Gasteiger partial charge in [-0.2, -0.15) is 0 Å². The maximum Gasteiger partial charge on any atom is 0.238 e. The molecule has 1 unspecified atom stereocenters. The lowest BCUT2D eigenvalue weighted by Crippen LogP contribution is -2.39. The number of carbonyl (C=O) groups is 2. The zero-order chi connectivity index (χ0) is 19.1. The summed E-state index contributed by atoms with van der Waals surface area (Å²) in [6.07, 6.45) is 0. The Morgan fingerprint density at radius 1 is 1.12 bits per heavy atom. The number of carbonyl (C=O) groups excluding carboxylic acids is 2. The van der Waals surface area contributed by atoms with E-state index in [-0.39, 0.29) is 30.9 Å². The number of nitrogens with one attached hydrogen (secondary N) is 2. The standard InChI is InChI=1S/C19H21ClFN3O2/c1-13(14-5-3-6-15(20)9-14)22-18(25)11-24(2)12-19(26)23-17-8-4-7-16(21)10-17/h3-10,13H,11-12H2,1-2H3,(H,22,25)(H,23,26). The van der Waals surface area contributed by atoms with E-state index in [0.29, 0.717) is 10.7 Å². The van der Waals surface area contributed by atoms with Crippen LogP contribution >= 0.6 is 11.6 Å². The van der Waals surface area contributed by atoms with E-state index in [9.17, 15) is 14.0 Å². The molecule has 0 saturated heterocycles. The van der Waals surface area contributed by atoms with E-state index in [1.165, 1.54) is 18.2 Å². The van der Waals surface area contributed by atoms with Gasteiger partial charge in [0, 0.05) is 10.7 Å². The summed E-state index contributed by atoms with van der Waals surface area (Å²) < 4.78 is 13.1. The van der Waals surface area contributed by atoms with Gasteiger partial charge < -0.3 is 10.6 Å². The number of likely N-dealkylation sites (N-methyl/N-ethyl adjacent to an activating group) is 1. The van der Waals surface area contributed by atoms with Gasteiger partial charge in [-0.3, -0.25) is 14.5 Å².